The van der Waals surface area contributed by atoms with Crippen molar-refractivity contribution in [2.45, 2.75) is 32.9 Å². The van der Waals surface area contributed by atoms with Gasteiger partial charge in [0.2, 0.25) is 0 Å². The molecule has 2 atom stereocenters. The molecule has 5 aromatic rings. The van der Waals surface area contributed by atoms with Gasteiger partial charge in [-0.05, 0) is 105 Å². The number of benzene rings is 2. The van der Waals surface area contributed by atoms with Crippen molar-refractivity contribution in [1.82, 2.24) is 19.9 Å². The summed E-state index contributed by atoms with van der Waals surface area (Å²) in [5.41, 5.74) is 6.87. The maximum Gasteiger partial charge on any atom is 0.262 e. The second kappa shape index (κ2) is 12.1. The first-order chi connectivity index (χ1) is 20.9. The molecule has 43 heavy (non-hydrogen) atoms. The van der Waals surface area contributed by atoms with Gasteiger partial charge in [0, 0.05) is 35.2 Å². The Kier molecular flexibility index (Phi) is 7.89. The highest BCUT2D eigenvalue weighted by molar-refractivity contribution is 7.80. The summed E-state index contributed by atoms with van der Waals surface area (Å²) >= 11 is 5.94. The first-order valence-electron chi connectivity index (χ1n) is 14.1. The molecule has 0 spiro atoms. The number of thiocarbonyl (C=S) groups is 1. The van der Waals surface area contributed by atoms with Crippen LogP contribution in [0.4, 0.5) is 11.4 Å². The molecule has 4 heterocycles. The number of nitrogens with zero attached hydrogens (tertiary/aromatic N) is 4. The van der Waals surface area contributed by atoms with Crippen LogP contribution in [0, 0.1) is 20.8 Å². The quantitative estimate of drug-likeness (QED) is 0.203. The highest BCUT2D eigenvalue weighted by Gasteiger charge is 2.42. The van der Waals surface area contributed by atoms with Gasteiger partial charge in [-0.2, -0.15) is 0 Å². The molecule has 1 fully saturated rings. The molecule has 1 aliphatic rings. The summed E-state index contributed by atoms with van der Waals surface area (Å²) in [6, 6.07) is 28.8. The number of hydrogen-bond donors (Lipinski definition) is 2. The van der Waals surface area contributed by atoms with Gasteiger partial charge in [0.15, 0.2) is 11.7 Å². The Balaban J connectivity index is 1.31. The van der Waals surface area contributed by atoms with E-state index in [0.717, 1.165) is 39.7 Å². The van der Waals surface area contributed by atoms with E-state index in [4.69, 9.17) is 21.9 Å². The normalized spacial score (nSPS) is 16.2. The SMILES string of the molecule is Cc1cccnc1-n1c(C)cc([C@@H]2[C@@H](c3ccccn3)NC(=S)N2c2ccc(NC(=O)COc3ccccc3)cc2)c1C. The Morgan fingerprint density at radius 3 is 2.40 bits per heavy atom. The van der Waals surface area contributed by atoms with Crippen molar-refractivity contribution >= 4 is 34.6 Å². The average molecular weight is 589 g/mol. The van der Waals surface area contributed by atoms with Crippen LogP contribution in [0.15, 0.2) is 103 Å². The minimum Gasteiger partial charge on any atom is -0.484 e. The van der Waals surface area contributed by atoms with Gasteiger partial charge in [0.1, 0.15) is 11.6 Å². The zero-order chi connectivity index (χ0) is 29.9. The van der Waals surface area contributed by atoms with Crippen molar-refractivity contribution in [3.05, 3.63) is 132 Å². The average Bonchev–Trinajstić information content (AvgIpc) is 3.52. The van der Waals surface area contributed by atoms with Crippen LogP contribution < -0.4 is 20.3 Å². The van der Waals surface area contributed by atoms with Crippen LogP contribution >= 0.6 is 12.2 Å². The summed E-state index contributed by atoms with van der Waals surface area (Å²) in [4.78, 5) is 24.1. The zero-order valence-electron chi connectivity index (χ0n) is 24.2. The summed E-state index contributed by atoms with van der Waals surface area (Å²) < 4.78 is 7.78. The predicted octanol–water partition coefficient (Wildman–Crippen LogP) is 6.39. The van der Waals surface area contributed by atoms with E-state index >= 15 is 0 Å². The molecule has 3 aromatic heterocycles. The second-order valence-electron chi connectivity index (χ2n) is 10.5. The number of nitrogens with one attached hydrogen (secondary N) is 2. The standard InChI is InChI=1S/C34H32N6O2S/c1-22-10-9-19-36-33(22)39-23(2)20-28(24(39)3)32-31(29-13-7-8-18-35-29)38-34(43)40(32)26-16-14-25(15-17-26)37-30(41)21-42-27-11-5-4-6-12-27/h4-20,31-32H,21H2,1-3H3,(H,37,41)(H,38,43)/t31-,32-/m1/s1. The predicted molar refractivity (Wildman–Crippen MR) is 173 cm³/mol. The number of aryl methyl sites for hydroxylation is 2. The van der Waals surface area contributed by atoms with Crippen LogP contribution in [0.3, 0.4) is 0 Å². The Hall–Kier alpha value is -5.02. The monoisotopic (exact) mass is 588 g/mol. The number of carbonyl (C=O) groups excluding carboxylic acids is 1. The maximum absolute atomic E-state index is 12.5. The number of amides is 1. The van der Waals surface area contributed by atoms with E-state index in [9.17, 15) is 4.79 Å². The molecule has 9 heteroatoms. The highest BCUT2D eigenvalue weighted by atomic mass is 32.1. The van der Waals surface area contributed by atoms with E-state index < -0.39 is 0 Å². The number of rotatable bonds is 8. The minimum absolute atomic E-state index is 0.0783. The highest BCUT2D eigenvalue weighted by Crippen LogP contribution is 2.44. The Morgan fingerprint density at radius 2 is 1.67 bits per heavy atom. The first kappa shape index (κ1) is 28.1. The molecule has 0 bridgehead atoms. The van der Waals surface area contributed by atoms with Gasteiger partial charge in [-0.15, -0.1) is 0 Å². The third-order valence-electron chi connectivity index (χ3n) is 7.62. The lowest BCUT2D eigenvalue weighted by Gasteiger charge is -2.28. The largest absolute Gasteiger partial charge is 0.484 e. The van der Waals surface area contributed by atoms with Crippen molar-refractivity contribution in [1.29, 1.82) is 0 Å². The van der Waals surface area contributed by atoms with E-state index in [-0.39, 0.29) is 24.6 Å². The Morgan fingerprint density at radius 1 is 0.930 bits per heavy atom. The van der Waals surface area contributed by atoms with Crippen LogP contribution in [-0.4, -0.2) is 32.2 Å². The van der Waals surface area contributed by atoms with Crippen molar-refractivity contribution in [2.75, 3.05) is 16.8 Å². The van der Waals surface area contributed by atoms with Crippen LogP contribution in [0.25, 0.3) is 5.82 Å². The van der Waals surface area contributed by atoms with Gasteiger partial charge in [-0.25, -0.2) is 4.98 Å². The summed E-state index contributed by atoms with van der Waals surface area (Å²) in [6.07, 6.45) is 3.63. The molecule has 8 nitrogen and oxygen atoms in total. The molecule has 0 unspecified atom stereocenters. The van der Waals surface area contributed by atoms with Gasteiger partial charge in [0.05, 0.1) is 17.8 Å². The van der Waals surface area contributed by atoms with Crippen molar-refractivity contribution in [3.8, 4) is 11.6 Å². The fourth-order valence-corrected chi connectivity index (χ4v) is 5.99. The lowest BCUT2D eigenvalue weighted by atomic mass is 9.96. The molecule has 2 aromatic carbocycles. The number of pyridine rings is 2. The fourth-order valence-electron chi connectivity index (χ4n) is 5.64. The molecule has 1 amide bonds. The van der Waals surface area contributed by atoms with Crippen LogP contribution in [0.1, 0.15) is 40.3 Å². The third kappa shape index (κ3) is 5.72. The number of anilines is 2. The summed E-state index contributed by atoms with van der Waals surface area (Å²) in [7, 11) is 0. The molecule has 1 saturated heterocycles. The Labute approximate surface area is 256 Å². The van der Waals surface area contributed by atoms with E-state index in [1.807, 2.05) is 85.1 Å². The minimum atomic E-state index is -0.236. The molecule has 2 N–H and O–H groups in total. The van der Waals surface area contributed by atoms with Crippen LogP contribution in [0.5, 0.6) is 5.75 Å². The van der Waals surface area contributed by atoms with Crippen molar-refractivity contribution in [3.63, 3.8) is 0 Å². The van der Waals surface area contributed by atoms with E-state index in [1.165, 1.54) is 0 Å². The van der Waals surface area contributed by atoms with Gasteiger partial charge in [-0.3, -0.25) is 9.78 Å². The summed E-state index contributed by atoms with van der Waals surface area (Å²) in [6.45, 7) is 6.22. The van der Waals surface area contributed by atoms with Crippen molar-refractivity contribution in [2.24, 2.45) is 0 Å². The third-order valence-corrected chi connectivity index (χ3v) is 7.94. The lowest BCUT2D eigenvalue weighted by Crippen LogP contribution is -2.29. The summed E-state index contributed by atoms with van der Waals surface area (Å²) in [5, 5.41) is 7.05. The van der Waals surface area contributed by atoms with Crippen LogP contribution in [-0.2, 0) is 4.79 Å². The molecule has 0 saturated carbocycles. The molecule has 216 valence electrons. The van der Waals surface area contributed by atoms with E-state index in [0.29, 0.717) is 16.5 Å². The summed E-state index contributed by atoms with van der Waals surface area (Å²) in [5.74, 6) is 1.32. The van der Waals surface area contributed by atoms with Gasteiger partial charge in [-0.1, -0.05) is 30.3 Å². The topological polar surface area (TPSA) is 84.3 Å². The zero-order valence-corrected chi connectivity index (χ0v) is 25.0. The van der Waals surface area contributed by atoms with Crippen LogP contribution in [0.2, 0.25) is 0 Å². The number of para-hydroxylation sites is 1. The molecular weight excluding hydrogens is 556 g/mol. The molecule has 1 aliphatic heterocycles. The molecule has 0 radical (unpaired) electrons. The van der Waals surface area contributed by atoms with Gasteiger partial charge < -0.3 is 24.8 Å². The molecule has 6 rings (SSSR count). The number of ether oxygens (including phenoxy) is 1. The Bertz CT molecular complexity index is 1760. The van der Waals surface area contributed by atoms with Gasteiger partial charge >= 0.3 is 0 Å². The second-order valence-corrected chi connectivity index (χ2v) is 10.9. The number of aromatic nitrogens is 3. The molecular formula is C34H32N6O2S. The van der Waals surface area contributed by atoms with E-state index in [2.05, 4.69) is 58.0 Å². The number of carbonyl (C=O) groups is 1. The number of hydrogen-bond acceptors (Lipinski definition) is 5. The first-order valence-corrected chi connectivity index (χ1v) is 14.5. The smallest absolute Gasteiger partial charge is 0.262 e. The lowest BCUT2D eigenvalue weighted by molar-refractivity contribution is -0.118. The fraction of sp³-hybridized carbons (Fsp3) is 0.176. The van der Waals surface area contributed by atoms with Crippen molar-refractivity contribution < 1.29 is 9.53 Å². The molecule has 0 aliphatic carbocycles. The van der Waals surface area contributed by atoms with E-state index in [1.54, 1.807) is 6.20 Å². The van der Waals surface area contributed by atoms with Gasteiger partial charge in [0.25, 0.3) is 5.91 Å². The maximum atomic E-state index is 12.5.